The summed E-state index contributed by atoms with van der Waals surface area (Å²) >= 11 is 0. The van der Waals surface area contributed by atoms with Crippen molar-refractivity contribution in [1.29, 1.82) is 0 Å². The lowest BCUT2D eigenvalue weighted by Crippen LogP contribution is -2.44. The summed E-state index contributed by atoms with van der Waals surface area (Å²) in [5, 5.41) is 0.159. The van der Waals surface area contributed by atoms with E-state index in [0.29, 0.717) is 5.56 Å². The van der Waals surface area contributed by atoms with Crippen LogP contribution < -0.4 is 4.74 Å². The van der Waals surface area contributed by atoms with Crippen LogP contribution in [0.4, 0.5) is 0 Å². The summed E-state index contributed by atoms with van der Waals surface area (Å²) < 4.78 is 11.9. The number of carbonyl (C=O) groups is 1. The van der Waals surface area contributed by atoms with Crippen LogP contribution in [0.1, 0.15) is 38.1 Å². The molecule has 1 aromatic carbocycles. The van der Waals surface area contributed by atoms with Crippen LogP contribution in [0.5, 0.6) is 5.75 Å². The van der Waals surface area contributed by atoms with Gasteiger partial charge in [0.1, 0.15) is 12.0 Å². The first-order chi connectivity index (χ1) is 8.65. The fourth-order valence-corrected chi connectivity index (χ4v) is 2.66. The highest BCUT2D eigenvalue weighted by Crippen LogP contribution is 2.37. The molecule has 1 rings (SSSR count). The van der Waals surface area contributed by atoms with E-state index in [9.17, 15) is 4.79 Å². The van der Waals surface area contributed by atoms with Crippen LogP contribution in [0.2, 0.25) is 18.1 Å². The Labute approximate surface area is 117 Å². The molecule has 0 amide bonds. The van der Waals surface area contributed by atoms with Crippen molar-refractivity contribution < 1.29 is 14.0 Å². The highest BCUT2D eigenvalue weighted by molar-refractivity contribution is 6.74. The Kier molecular flexibility index (Phi) is 4.93. The zero-order valence-corrected chi connectivity index (χ0v) is 13.7. The number of hydrogen-bond donors (Lipinski definition) is 0. The van der Waals surface area contributed by atoms with Crippen LogP contribution in [-0.4, -0.2) is 20.9 Å². The Bertz CT molecular complexity index is 418. The largest absolute Gasteiger partial charge is 0.466 e. The van der Waals surface area contributed by atoms with Gasteiger partial charge in [-0.05, 0) is 49.3 Å². The first kappa shape index (κ1) is 15.9. The smallest absolute Gasteiger partial charge is 0.196 e. The second-order valence-electron chi connectivity index (χ2n) is 6.25. The third-order valence-electron chi connectivity index (χ3n) is 3.59. The van der Waals surface area contributed by atoms with Crippen LogP contribution in [0.25, 0.3) is 0 Å². The van der Waals surface area contributed by atoms with Crippen molar-refractivity contribution in [1.82, 2.24) is 0 Å². The molecule has 3 nitrogen and oxygen atoms in total. The minimum absolute atomic E-state index is 0.159. The van der Waals surface area contributed by atoms with Crippen LogP contribution in [0.15, 0.2) is 24.3 Å². The van der Waals surface area contributed by atoms with Crippen LogP contribution in [0, 0.1) is 0 Å². The Morgan fingerprint density at radius 3 is 2.11 bits per heavy atom. The van der Waals surface area contributed by atoms with Gasteiger partial charge in [-0.15, -0.1) is 0 Å². The number of hydrogen-bond acceptors (Lipinski definition) is 3. The van der Waals surface area contributed by atoms with E-state index < -0.39 is 8.32 Å². The molecule has 0 aliphatic carbocycles. The average Bonchev–Trinajstić information content (AvgIpc) is 2.27. The molecule has 0 aliphatic rings. The van der Waals surface area contributed by atoms with Gasteiger partial charge in [-0.2, -0.15) is 0 Å². The maximum atomic E-state index is 10.6. The fraction of sp³-hybridized carbons (Fsp3) is 0.533. The van der Waals surface area contributed by atoms with Crippen LogP contribution in [-0.2, 0) is 4.43 Å². The SMILES string of the molecule is CC(Oc1ccc(C=O)cc1)O[Si](C)(C)C(C)(C)C. The molecule has 0 saturated heterocycles. The van der Waals surface area contributed by atoms with E-state index in [1.165, 1.54) is 0 Å². The molecule has 0 radical (unpaired) electrons. The molecule has 0 spiro atoms. The summed E-state index contributed by atoms with van der Waals surface area (Å²) in [7, 11) is -1.82. The molecule has 0 N–H and O–H groups in total. The third-order valence-corrected chi connectivity index (χ3v) is 8.12. The van der Waals surface area contributed by atoms with Gasteiger partial charge in [-0.3, -0.25) is 4.79 Å². The van der Waals surface area contributed by atoms with E-state index in [4.69, 9.17) is 9.16 Å². The van der Waals surface area contributed by atoms with Gasteiger partial charge in [0.2, 0.25) is 0 Å². The van der Waals surface area contributed by atoms with Gasteiger partial charge < -0.3 is 9.16 Å². The van der Waals surface area contributed by atoms with Gasteiger partial charge in [-0.1, -0.05) is 20.8 Å². The summed E-state index contributed by atoms with van der Waals surface area (Å²) in [5.41, 5.74) is 0.644. The van der Waals surface area contributed by atoms with Gasteiger partial charge in [-0.25, -0.2) is 0 Å². The maximum Gasteiger partial charge on any atom is 0.196 e. The highest BCUT2D eigenvalue weighted by Gasteiger charge is 2.38. The topological polar surface area (TPSA) is 35.5 Å². The van der Waals surface area contributed by atoms with Gasteiger partial charge in [0.05, 0.1) is 0 Å². The van der Waals surface area contributed by atoms with Crippen LogP contribution >= 0.6 is 0 Å². The molecule has 0 aromatic heterocycles. The highest BCUT2D eigenvalue weighted by atomic mass is 28.4. The minimum atomic E-state index is -1.82. The number of benzene rings is 1. The first-order valence-corrected chi connectivity index (χ1v) is 9.46. The molecule has 1 aromatic rings. The molecule has 1 atom stereocenters. The van der Waals surface area contributed by atoms with Gasteiger partial charge >= 0.3 is 0 Å². The van der Waals surface area contributed by atoms with Crippen LogP contribution in [0.3, 0.4) is 0 Å². The second kappa shape index (κ2) is 5.88. The average molecular weight is 280 g/mol. The molecule has 0 fully saturated rings. The fourth-order valence-electron chi connectivity index (χ4n) is 1.43. The zero-order valence-electron chi connectivity index (χ0n) is 12.7. The molecule has 106 valence electrons. The normalized spacial score (nSPS) is 14.0. The Morgan fingerprint density at radius 1 is 1.16 bits per heavy atom. The van der Waals surface area contributed by atoms with Gasteiger partial charge in [0.15, 0.2) is 14.6 Å². The van der Waals surface area contributed by atoms with Crippen molar-refractivity contribution in [2.75, 3.05) is 0 Å². The molecule has 0 bridgehead atoms. The van der Waals surface area contributed by atoms with E-state index in [0.717, 1.165) is 12.0 Å². The van der Waals surface area contributed by atoms with Gasteiger partial charge in [0.25, 0.3) is 0 Å². The molecular formula is C15H24O3Si. The van der Waals surface area contributed by atoms with Gasteiger partial charge in [0, 0.05) is 5.56 Å². The molecule has 1 unspecified atom stereocenters. The van der Waals surface area contributed by atoms with Crippen molar-refractivity contribution in [2.24, 2.45) is 0 Å². The van der Waals surface area contributed by atoms with Crippen molar-refractivity contribution in [3.05, 3.63) is 29.8 Å². The summed E-state index contributed by atoms with van der Waals surface area (Å²) in [6.07, 6.45) is 0.530. The molecule has 0 aliphatic heterocycles. The lowest BCUT2D eigenvalue weighted by atomic mass is 10.2. The lowest BCUT2D eigenvalue weighted by Gasteiger charge is -2.38. The van der Waals surface area contributed by atoms with Crippen molar-refractivity contribution in [3.63, 3.8) is 0 Å². The monoisotopic (exact) mass is 280 g/mol. The van der Waals surface area contributed by atoms with E-state index in [1.54, 1.807) is 24.3 Å². The molecule has 4 heteroatoms. The van der Waals surface area contributed by atoms with Crippen molar-refractivity contribution >= 4 is 14.6 Å². The van der Waals surface area contributed by atoms with E-state index in [-0.39, 0.29) is 11.3 Å². The number of carbonyl (C=O) groups excluding carboxylic acids is 1. The Balaban J connectivity index is 2.64. The second-order valence-corrected chi connectivity index (χ2v) is 11.0. The Hall–Kier alpha value is -1.13. The predicted octanol–water partition coefficient (Wildman–Crippen LogP) is 4.25. The van der Waals surface area contributed by atoms with E-state index in [1.807, 2.05) is 6.92 Å². The summed E-state index contributed by atoms with van der Waals surface area (Å²) in [5.74, 6) is 0.719. The molecular weight excluding hydrogens is 256 g/mol. The maximum absolute atomic E-state index is 10.6. The molecule has 0 heterocycles. The summed E-state index contributed by atoms with van der Waals surface area (Å²) in [4.78, 5) is 10.6. The van der Waals surface area contributed by atoms with E-state index >= 15 is 0 Å². The van der Waals surface area contributed by atoms with Crippen molar-refractivity contribution in [3.8, 4) is 5.75 Å². The van der Waals surface area contributed by atoms with Crippen molar-refractivity contribution in [2.45, 2.75) is 52.1 Å². The number of rotatable bonds is 5. The Morgan fingerprint density at radius 2 is 1.68 bits per heavy atom. The number of ether oxygens (including phenoxy) is 1. The predicted molar refractivity (Wildman–Crippen MR) is 80.2 cm³/mol. The molecule has 0 saturated carbocycles. The zero-order chi connectivity index (χ0) is 14.7. The standard InChI is InChI=1S/C15H24O3Si/c1-12(18-19(5,6)15(2,3)4)17-14-9-7-13(11-16)8-10-14/h7-12H,1-6H3. The number of aldehydes is 1. The minimum Gasteiger partial charge on any atom is -0.466 e. The summed E-state index contributed by atoms with van der Waals surface area (Å²) in [6.45, 7) is 12.9. The third kappa shape index (κ3) is 4.47. The molecule has 19 heavy (non-hydrogen) atoms. The summed E-state index contributed by atoms with van der Waals surface area (Å²) in [6, 6.07) is 7.05. The quantitative estimate of drug-likeness (QED) is 0.459. The van der Waals surface area contributed by atoms with E-state index in [2.05, 4.69) is 33.9 Å². The first-order valence-electron chi connectivity index (χ1n) is 6.55. The lowest BCUT2D eigenvalue weighted by molar-refractivity contribution is 0.0105.